The molecule has 0 atom stereocenters. The average molecular weight is 287 g/mol. The summed E-state index contributed by atoms with van der Waals surface area (Å²) in [6.45, 7) is 2.04. The minimum absolute atomic E-state index is 0.0498. The number of carbonyl (C=O) groups excluding carboxylic acids is 1. The van der Waals surface area contributed by atoms with Crippen molar-refractivity contribution in [2.24, 2.45) is 0 Å². The van der Waals surface area contributed by atoms with Crippen LogP contribution in [0.5, 0.6) is 11.8 Å². The number of carbonyl (C=O) groups is 1. The quantitative estimate of drug-likeness (QED) is 0.805. The summed E-state index contributed by atoms with van der Waals surface area (Å²) < 4.78 is 15.6. The Labute approximate surface area is 122 Å². The van der Waals surface area contributed by atoms with Crippen LogP contribution in [0.4, 0.5) is 0 Å². The van der Waals surface area contributed by atoms with E-state index >= 15 is 0 Å². The molecule has 5 nitrogen and oxygen atoms in total. The largest absolute Gasteiger partial charge is 0.461 e. The molecule has 21 heavy (non-hydrogen) atoms. The molecule has 0 spiro atoms. The Kier molecular flexibility index (Phi) is 3.90. The average Bonchev–Trinajstić information content (AvgIpc) is 2.96. The van der Waals surface area contributed by atoms with E-state index in [-0.39, 0.29) is 11.8 Å². The van der Waals surface area contributed by atoms with Crippen molar-refractivity contribution in [2.75, 3.05) is 6.61 Å². The lowest BCUT2D eigenvalue weighted by Gasteiger charge is -2.15. The monoisotopic (exact) mass is 287 g/mol. The van der Waals surface area contributed by atoms with Crippen LogP contribution >= 0.6 is 0 Å². The molecule has 1 heterocycles. The van der Waals surface area contributed by atoms with Gasteiger partial charge in [-0.25, -0.2) is 4.79 Å². The predicted molar refractivity (Wildman–Crippen MR) is 75.6 cm³/mol. The van der Waals surface area contributed by atoms with E-state index < -0.39 is 5.97 Å². The highest BCUT2D eigenvalue weighted by Crippen LogP contribution is 2.28. The minimum atomic E-state index is -0.512. The first-order valence-corrected chi connectivity index (χ1v) is 7.18. The maximum atomic E-state index is 11.5. The van der Waals surface area contributed by atoms with E-state index in [1.54, 1.807) is 6.92 Å². The summed E-state index contributed by atoms with van der Waals surface area (Å²) in [7, 11) is 0. The van der Waals surface area contributed by atoms with Gasteiger partial charge in [-0.05, 0) is 55.9 Å². The topological polar surface area (TPSA) is 61.6 Å². The fourth-order valence-corrected chi connectivity index (χ4v) is 2.48. The maximum Gasteiger partial charge on any atom is 0.399 e. The Balaban J connectivity index is 1.73. The fourth-order valence-electron chi connectivity index (χ4n) is 2.48. The Morgan fingerprint density at radius 2 is 2.10 bits per heavy atom. The van der Waals surface area contributed by atoms with Gasteiger partial charge in [-0.1, -0.05) is 6.07 Å². The van der Waals surface area contributed by atoms with Crippen molar-refractivity contribution < 1.29 is 18.7 Å². The van der Waals surface area contributed by atoms with E-state index in [9.17, 15) is 4.79 Å². The van der Waals surface area contributed by atoms with Gasteiger partial charge in [-0.15, -0.1) is 0 Å². The molecule has 1 aliphatic carbocycles. The summed E-state index contributed by atoms with van der Waals surface area (Å²) in [6.07, 6.45) is 5.95. The van der Waals surface area contributed by atoms with Crippen molar-refractivity contribution in [1.82, 2.24) is 4.98 Å². The van der Waals surface area contributed by atoms with Gasteiger partial charge >= 0.3 is 12.0 Å². The van der Waals surface area contributed by atoms with Crippen LogP contribution < -0.4 is 4.74 Å². The predicted octanol–water partition coefficient (Wildman–Crippen LogP) is 3.52. The van der Waals surface area contributed by atoms with Gasteiger partial charge < -0.3 is 13.9 Å². The normalized spacial score (nSPS) is 13.6. The highest BCUT2D eigenvalue weighted by atomic mass is 16.6. The van der Waals surface area contributed by atoms with Crippen LogP contribution in [0.3, 0.4) is 0 Å². The number of aromatic nitrogens is 1. The molecular formula is C16H17NO4. The lowest BCUT2D eigenvalue weighted by Crippen LogP contribution is -2.04. The fraction of sp³-hybridized carbons (Fsp3) is 0.375. The number of fused-ring (bicyclic) bond motifs is 1. The molecule has 0 unspecified atom stereocenters. The highest BCUT2D eigenvalue weighted by molar-refractivity contribution is 5.86. The number of nitrogens with zero attached hydrogens (tertiary/aromatic N) is 1. The van der Waals surface area contributed by atoms with E-state index in [4.69, 9.17) is 13.9 Å². The summed E-state index contributed by atoms with van der Waals surface area (Å²) in [5.41, 5.74) is 2.81. The van der Waals surface area contributed by atoms with Gasteiger partial charge in [0, 0.05) is 0 Å². The Bertz CT molecular complexity index is 647. The van der Waals surface area contributed by atoms with Crippen molar-refractivity contribution in [3.63, 3.8) is 0 Å². The third-order valence-corrected chi connectivity index (χ3v) is 3.49. The lowest BCUT2D eigenvalue weighted by atomic mass is 9.92. The van der Waals surface area contributed by atoms with Crippen LogP contribution in [-0.2, 0) is 17.6 Å². The molecule has 0 saturated carbocycles. The number of esters is 1. The molecule has 1 aromatic heterocycles. The Hall–Kier alpha value is -2.30. The summed E-state index contributed by atoms with van der Waals surface area (Å²) >= 11 is 0. The number of aryl methyl sites for hydroxylation is 2. The number of ether oxygens (including phenoxy) is 2. The van der Waals surface area contributed by atoms with Crippen LogP contribution in [0.15, 0.2) is 28.9 Å². The molecule has 5 heteroatoms. The maximum absolute atomic E-state index is 11.5. The summed E-state index contributed by atoms with van der Waals surface area (Å²) in [4.78, 5) is 15.5. The van der Waals surface area contributed by atoms with E-state index in [2.05, 4.69) is 11.1 Å². The van der Waals surface area contributed by atoms with Crippen molar-refractivity contribution in [1.29, 1.82) is 0 Å². The molecule has 0 aliphatic heterocycles. The third-order valence-electron chi connectivity index (χ3n) is 3.49. The third kappa shape index (κ3) is 3.07. The second kappa shape index (κ2) is 5.99. The van der Waals surface area contributed by atoms with Crippen molar-refractivity contribution >= 4 is 5.97 Å². The number of oxazole rings is 1. The van der Waals surface area contributed by atoms with Gasteiger partial charge in [0.2, 0.25) is 0 Å². The van der Waals surface area contributed by atoms with Gasteiger partial charge in [0.15, 0.2) is 5.69 Å². The van der Waals surface area contributed by atoms with Crippen LogP contribution in [-0.4, -0.2) is 17.6 Å². The zero-order chi connectivity index (χ0) is 14.7. The van der Waals surface area contributed by atoms with E-state index in [0.717, 1.165) is 12.8 Å². The van der Waals surface area contributed by atoms with Gasteiger partial charge in [-0.2, -0.15) is 4.98 Å². The minimum Gasteiger partial charge on any atom is -0.461 e. The zero-order valence-corrected chi connectivity index (χ0v) is 11.9. The molecular weight excluding hydrogens is 270 g/mol. The first-order valence-electron chi connectivity index (χ1n) is 7.18. The molecule has 0 fully saturated rings. The Morgan fingerprint density at radius 1 is 1.29 bits per heavy atom. The molecule has 3 rings (SSSR count). The van der Waals surface area contributed by atoms with E-state index in [1.165, 1.54) is 30.2 Å². The molecule has 0 radical (unpaired) electrons. The van der Waals surface area contributed by atoms with Crippen LogP contribution in [0.1, 0.15) is 41.4 Å². The Morgan fingerprint density at radius 3 is 2.90 bits per heavy atom. The second-order valence-corrected chi connectivity index (χ2v) is 4.96. The van der Waals surface area contributed by atoms with Gasteiger partial charge in [0.05, 0.1) is 6.61 Å². The second-order valence-electron chi connectivity index (χ2n) is 4.96. The zero-order valence-electron chi connectivity index (χ0n) is 11.9. The van der Waals surface area contributed by atoms with Crippen molar-refractivity contribution in [3.05, 3.63) is 41.3 Å². The highest BCUT2D eigenvalue weighted by Gasteiger charge is 2.15. The van der Waals surface area contributed by atoms with Gasteiger partial charge in [0.25, 0.3) is 0 Å². The SMILES string of the molecule is CCOC(=O)c1coc(Oc2ccc3c(c2)CCCC3)n1. The van der Waals surface area contributed by atoms with Gasteiger partial charge in [0.1, 0.15) is 12.0 Å². The molecule has 1 aliphatic rings. The summed E-state index contributed by atoms with van der Waals surface area (Å²) in [6, 6.07) is 6.00. The molecule has 0 N–H and O–H groups in total. The van der Waals surface area contributed by atoms with Crippen molar-refractivity contribution in [2.45, 2.75) is 32.6 Å². The lowest BCUT2D eigenvalue weighted by molar-refractivity contribution is 0.0519. The molecule has 0 amide bonds. The van der Waals surface area contributed by atoms with Crippen molar-refractivity contribution in [3.8, 4) is 11.8 Å². The molecule has 110 valence electrons. The van der Waals surface area contributed by atoms with E-state index in [1.807, 2.05) is 12.1 Å². The molecule has 0 saturated heterocycles. The first-order chi connectivity index (χ1) is 10.3. The number of rotatable bonds is 4. The smallest absolute Gasteiger partial charge is 0.399 e. The molecule has 0 bridgehead atoms. The molecule has 2 aromatic rings. The van der Waals surface area contributed by atoms with Gasteiger partial charge in [-0.3, -0.25) is 0 Å². The first kappa shape index (κ1) is 13.7. The van der Waals surface area contributed by atoms with Crippen LogP contribution in [0.2, 0.25) is 0 Å². The molecule has 1 aromatic carbocycles. The summed E-state index contributed by atoms with van der Waals surface area (Å²) in [5, 5.41) is 0. The number of benzene rings is 1. The van der Waals surface area contributed by atoms with E-state index in [0.29, 0.717) is 12.4 Å². The number of hydrogen-bond acceptors (Lipinski definition) is 5. The van der Waals surface area contributed by atoms with Crippen LogP contribution in [0, 0.1) is 0 Å². The standard InChI is InChI=1S/C16H17NO4/c1-2-19-15(18)14-10-20-16(17-14)21-13-8-7-11-5-3-4-6-12(11)9-13/h7-10H,2-6H2,1H3. The van der Waals surface area contributed by atoms with Crippen LogP contribution in [0.25, 0.3) is 0 Å². The number of hydrogen-bond donors (Lipinski definition) is 0. The summed E-state index contributed by atoms with van der Waals surface area (Å²) in [5.74, 6) is 0.162.